The Morgan fingerprint density at radius 2 is 1.75 bits per heavy atom. The molecule has 0 saturated heterocycles. The Bertz CT molecular complexity index is 379. The van der Waals surface area contributed by atoms with Crippen LogP contribution in [0.25, 0.3) is 0 Å². The summed E-state index contributed by atoms with van der Waals surface area (Å²) in [6.07, 6.45) is 0.774. The molecule has 1 rings (SSSR count). The number of amides is 1. The molecule has 0 aliphatic carbocycles. The number of benzene rings is 1. The number of anilines is 3. The molecular weight excluding hydrogens is 202 g/mol. The molecule has 0 fully saturated rings. The zero-order valence-electron chi connectivity index (χ0n) is 10.0. The smallest absolute Gasteiger partial charge is 0.230 e. The van der Waals surface area contributed by atoms with Crippen molar-refractivity contribution < 1.29 is 4.79 Å². The fourth-order valence-electron chi connectivity index (χ4n) is 1.21. The van der Waals surface area contributed by atoms with Crippen molar-refractivity contribution in [1.29, 1.82) is 0 Å². The van der Waals surface area contributed by atoms with Gasteiger partial charge < -0.3 is 16.8 Å². The summed E-state index contributed by atoms with van der Waals surface area (Å²) in [5.74, 6) is -0.0278. The fraction of sp³-hybridized carbons (Fsp3) is 0.417. The van der Waals surface area contributed by atoms with Crippen LogP contribution in [0.5, 0.6) is 0 Å². The summed E-state index contributed by atoms with van der Waals surface area (Å²) < 4.78 is 0. The van der Waals surface area contributed by atoms with Crippen LogP contribution in [0.4, 0.5) is 17.1 Å². The van der Waals surface area contributed by atoms with Crippen molar-refractivity contribution in [3.63, 3.8) is 0 Å². The maximum atomic E-state index is 11.9. The number of nitrogens with one attached hydrogen (secondary N) is 1. The standard InChI is InChI=1S/C12H19N3O/c1-4-12(2,3)11(16)15-10-6-8(13)5-9(14)7-10/h5-7H,4,13-14H2,1-3H3,(H,15,16). The summed E-state index contributed by atoms with van der Waals surface area (Å²) in [6.45, 7) is 5.78. The third-order valence-corrected chi connectivity index (χ3v) is 2.73. The normalized spacial score (nSPS) is 11.2. The molecule has 4 nitrogen and oxygen atoms in total. The lowest BCUT2D eigenvalue weighted by atomic mass is 9.89. The number of rotatable bonds is 3. The minimum Gasteiger partial charge on any atom is -0.399 e. The third-order valence-electron chi connectivity index (χ3n) is 2.73. The highest BCUT2D eigenvalue weighted by molar-refractivity contribution is 5.95. The van der Waals surface area contributed by atoms with Crippen molar-refractivity contribution in [1.82, 2.24) is 0 Å². The molecule has 1 amide bonds. The molecule has 0 bridgehead atoms. The first kappa shape index (κ1) is 12.4. The second kappa shape index (κ2) is 4.43. The van der Waals surface area contributed by atoms with E-state index in [0.29, 0.717) is 17.1 Å². The highest BCUT2D eigenvalue weighted by atomic mass is 16.2. The van der Waals surface area contributed by atoms with Gasteiger partial charge in [0, 0.05) is 22.5 Å². The van der Waals surface area contributed by atoms with E-state index in [4.69, 9.17) is 11.5 Å². The first-order valence-corrected chi connectivity index (χ1v) is 5.32. The van der Waals surface area contributed by atoms with E-state index in [2.05, 4.69) is 5.32 Å². The third kappa shape index (κ3) is 2.89. The average molecular weight is 221 g/mol. The molecule has 0 unspecified atom stereocenters. The predicted octanol–water partition coefficient (Wildman–Crippen LogP) is 2.23. The minimum atomic E-state index is -0.390. The number of hydrogen-bond donors (Lipinski definition) is 3. The molecule has 0 radical (unpaired) electrons. The summed E-state index contributed by atoms with van der Waals surface area (Å²) >= 11 is 0. The van der Waals surface area contributed by atoms with Gasteiger partial charge in [0.25, 0.3) is 0 Å². The van der Waals surface area contributed by atoms with E-state index in [9.17, 15) is 4.79 Å². The Labute approximate surface area is 96.0 Å². The molecule has 1 aromatic rings. The van der Waals surface area contributed by atoms with E-state index in [1.165, 1.54) is 0 Å². The lowest BCUT2D eigenvalue weighted by molar-refractivity contribution is -0.124. The van der Waals surface area contributed by atoms with Crippen LogP contribution in [0.2, 0.25) is 0 Å². The Kier molecular flexibility index (Phi) is 3.42. The zero-order valence-corrected chi connectivity index (χ0v) is 10.0. The van der Waals surface area contributed by atoms with E-state index in [1.807, 2.05) is 20.8 Å². The maximum absolute atomic E-state index is 11.9. The summed E-state index contributed by atoms with van der Waals surface area (Å²) in [6, 6.07) is 5.04. The molecule has 16 heavy (non-hydrogen) atoms. The molecule has 0 saturated carbocycles. The average Bonchev–Trinajstić information content (AvgIpc) is 2.15. The second-order valence-electron chi connectivity index (χ2n) is 4.58. The first-order chi connectivity index (χ1) is 7.35. The molecule has 0 aromatic heterocycles. The molecule has 4 heteroatoms. The van der Waals surface area contributed by atoms with Crippen LogP contribution in [0.15, 0.2) is 18.2 Å². The molecular formula is C12H19N3O. The van der Waals surface area contributed by atoms with Gasteiger partial charge in [-0.1, -0.05) is 20.8 Å². The van der Waals surface area contributed by atoms with Gasteiger partial charge in [0.1, 0.15) is 0 Å². The van der Waals surface area contributed by atoms with Gasteiger partial charge in [-0.2, -0.15) is 0 Å². The monoisotopic (exact) mass is 221 g/mol. The van der Waals surface area contributed by atoms with Crippen molar-refractivity contribution in [2.24, 2.45) is 5.41 Å². The van der Waals surface area contributed by atoms with Gasteiger partial charge in [-0.15, -0.1) is 0 Å². The first-order valence-electron chi connectivity index (χ1n) is 5.32. The second-order valence-corrected chi connectivity index (χ2v) is 4.58. The maximum Gasteiger partial charge on any atom is 0.230 e. The van der Waals surface area contributed by atoms with Crippen molar-refractivity contribution >= 4 is 23.0 Å². The molecule has 0 heterocycles. The van der Waals surface area contributed by atoms with Gasteiger partial charge in [-0.05, 0) is 24.6 Å². The van der Waals surface area contributed by atoms with Gasteiger partial charge >= 0.3 is 0 Å². The van der Waals surface area contributed by atoms with E-state index in [0.717, 1.165) is 6.42 Å². The Hall–Kier alpha value is -1.71. The van der Waals surface area contributed by atoms with E-state index in [1.54, 1.807) is 18.2 Å². The van der Waals surface area contributed by atoms with Crippen molar-refractivity contribution in [2.45, 2.75) is 27.2 Å². The van der Waals surface area contributed by atoms with Crippen molar-refractivity contribution in [3.05, 3.63) is 18.2 Å². The number of nitrogen functional groups attached to an aromatic ring is 2. The van der Waals surface area contributed by atoms with E-state index >= 15 is 0 Å². The van der Waals surface area contributed by atoms with Crippen LogP contribution in [-0.2, 0) is 4.79 Å². The van der Waals surface area contributed by atoms with Gasteiger partial charge in [-0.3, -0.25) is 4.79 Å². The Morgan fingerprint density at radius 3 is 2.19 bits per heavy atom. The van der Waals surface area contributed by atoms with Crippen LogP contribution < -0.4 is 16.8 Å². The number of carbonyl (C=O) groups is 1. The summed E-state index contributed by atoms with van der Waals surface area (Å²) in [7, 11) is 0. The fourth-order valence-corrected chi connectivity index (χ4v) is 1.21. The highest BCUT2D eigenvalue weighted by Gasteiger charge is 2.25. The summed E-state index contributed by atoms with van der Waals surface area (Å²) in [5.41, 5.74) is 12.6. The van der Waals surface area contributed by atoms with Gasteiger partial charge in [0.05, 0.1) is 0 Å². The quantitative estimate of drug-likeness (QED) is 0.684. The van der Waals surface area contributed by atoms with Crippen LogP contribution in [0.1, 0.15) is 27.2 Å². The van der Waals surface area contributed by atoms with Crippen molar-refractivity contribution in [3.8, 4) is 0 Å². The molecule has 0 atom stereocenters. The number of nitrogens with two attached hydrogens (primary N) is 2. The number of carbonyl (C=O) groups excluding carboxylic acids is 1. The Balaban J connectivity index is 2.85. The van der Waals surface area contributed by atoms with Gasteiger partial charge in [-0.25, -0.2) is 0 Å². The SMILES string of the molecule is CCC(C)(C)C(=O)Nc1cc(N)cc(N)c1. The highest BCUT2D eigenvalue weighted by Crippen LogP contribution is 2.24. The number of hydrogen-bond acceptors (Lipinski definition) is 3. The largest absolute Gasteiger partial charge is 0.399 e. The lowest BCUT2D eigenvalue weighted by Crippen LogP contribution is -2.30. The molecule has 1 aromatic carbocycles. The topological polar surface area (TPSA) is 81.1 Å². The summed E-state index contributed by atoms with van der Waals surface area (Å²) in [5, 5.41) is 2.82. The van der Waals surface area contributed by atoms with Gasteiger partial charge in [0.15, 0.2) is 0 Å². The van der Waals surface area contributed by atoms with E-state index < -0.39 is 0 Å². The van der Waals surface area contributed by atoms with Crippen LogP contribution in [-0.4, -0.2) is 5.91 Å². The molecule has 0 aliphatic heterocycles. The van der Waals surface area contributed by atoms with E-state index in [-0.39, 0.29) is 11.3 Å². The van der Waals surface area contributed by atoms with Crippen molar-refractivity contribution in [2.75, 3.05) is 16.8 Å². The Morgan fingerprint density at radius 1 is 1.25 bits per heavy atom. The molecule has 5 N–H and O–H groups in total. The minimum absolute atomic E-state index is 0.0278. The van der Waals surface area contributed by atoms with Crippen LogP contribution >= 0.6 is 0 Å². The van der Waals surface area contributed by atoms with Crippen LogP contribution in [0, 0.1) is 5.41 Å². The molecule has 88 valence electrons. The molecule has 0 aliphatic rings. The predicted molar refractivity (Wildman–Crippen MR) is 68.0 cm³/mol. The molecule has 0 spiro atoms. The van der Waals surface area contributed by atoms with Gasteiger partial charge in [0.2, 0.25) is 5.91 Å². The summed E-state index contributed by atoms with van der Waals surface area (Å²) in [4.78, 5) is 11.9. The zero-order chi connectivity index (χ0) is 12.3. The van der Waals surface area contributed by atoms with Crippen LogP contribution in [0.3, 0.4) is 0 Å². The lowest BCUT2D eigenvalue weighted by Gasteiger charge is -2.21.